The summed E-state index contributed by atoms with van der Waals surface area (Å²) in [4.78, 5) is 29.2. The fourth-order valence-corrected chi connectivity index (χ4v) is 6.90. The van der Waals surface area contributed by atoms with Crippen LogP contribution in [0.2, 0.25) is 0 Å². The van der Waals surface area contributed by atoms with E-state index in [4.69, 9.17) is 4.74 Å². The molecule has 12 heteroatoms. The van der Waals surface area contributed by atoms with Gasteiger partial charge in [0.25, 0.3) is 6.43 Å². The van der Waals surface area contributed by atoms with Gasteiger partial charge in [-0.25, -0.2) is 13.6 Å². The lowest BCUT2D eigenvalue weighted by atomic mass is 9.76. The minimum absolute atomic E-state index is 0.264. The third-order valence-electron chi connectivity index (χ3n) is 9.53. The monoisotopic (exact) mass is 661 g/mol. The van der Waals surface area contributed by atoms with Crippen LogP contribution in [0, 0.1) is 5.41 Å². The number of carbonyl (C=O) groups is 2. The van der Waals surface area contributed by atoms with Gasteiger partial charge in [0.15, 0.2) is 0 Å². The van der Waals surface area contributed by atoms with E-state index in [0.717, 1.165) is 41.7 Å². The highest BCUT2D eigenvalue weighted by molar-refractivity contribution is 6.00. The van der Waals surface area contributed by atoms with E-state index in [1.165, 1.54) is 24.2 Å². The fourth-order valence-electron chi connectivity index (χ4n) is 6.90. The molecule has 2 heterocycles. The zero-order valence-corrected chi connectivity index (χ0v) is 26.3. The van der Waals surface area contributed by atoms with Crippen LogP contribution in [0.4, 0.5) is 22.0 Å². The molecule has 2 fully saturated rings. The van der Waals surface area contributed by atoms with Crippen LogP contribution >= 0.6 is 0 Å². The van der Waals surface area contributed by atoms with E-state index >= 15 is 0 Å². The summed E-state index contributed by atoms with van der Waals surface area (Å²) in [6.45, 7) is 1.48. The summed E-state index contributed by atoms with van der Waals surface area (Å²) in [5.41, 5.74) is 0.500. The standard InChI is InChI=1S/C35H40F5N3O4/c1-47-30-12-11-23(21-42-15-3-2-4-16-42)19-28(30)27-10-6-8-25-24(7-5-9-26(25)27)20-29(32(44)45)41-33(46)34(35(38,39)40)13-17-43(18-14-34)22-31(36)37/h5-12,19,29,31H,2-4,13-18,20-22H2,1H3,(H,41,46)(H,44,45)/t29-/m0/s1. The molecule has 3 aromatic carbocycles. The normalized spacial score (nSPS) is 18.3. The number of ether oxygens (including phenoxy) is 1. The van der Waals surface area contributed by atoms with Gasteiger partial charge in [-0.2, -0.15) is 13.2 Å². The topological polar surface area (TPSA) is 82.1 Å². The molecule has 5 rings (SSSR count). The van der Waals surface area contributed by atoms with E-state index in [-0.39, 0.29) is 19.5 Å². The number of rotatable bonds is 11. The first-order valence-electron chi connectivity index (χ1n) is 15.9. The third kappa shape index (κ3) is 7.70. The van der Waals surface area contributed by atoms with Crippen molar-refractivity contribution < 1.29 is 41.4 Å². The number of hydrogen-bond acceptors (Lipinski definition) is 5. The summed E-state index contributed by atoms with van der Waals surface area (Å²) >= 11 is 0. The number of amides is 1. The first-order valence-corrected chi connectivity index (χ1v) is 15.9. The summed E-state index contributed by atoms with van der Waals surface area (Å²) in [5, 5.41) is 13.7. The highest BCUT2D eigenvalue weighted by Gasteiger charge is 2.61. The number of hydrogen-bond donors (Lipinski definition) is 2. The molecule has 2 aliphatic heterocycles. The largest absolute Gasteiger partial charge is 0.496 e. The molecule has 0 unspecified atom stereocenters. The van der Waals surface area contributed by atoms with Gasteiger partial charge >= 0.3 is 12.1 Å². The van der Waals surface area contributed by atoms with Crippen molar-refractivity contribution in [1.29, 1.82) is 0 Å². The van der Waals surface area contributed by atoms with Crippen molar-refractivity contribution >= 4 is 22.6 Å². The minimum Gasteiger partial charge on any atom is -0.496 e. The maximum absolute atomic E-state index is 14.4. The van der Waals surface area contributed by atoms with Crippen molar-refractivity contribution in [3.63, 3.8) is 0 Å². The van der Waals surface area contributed by atoms with Crippen molar-refractivity contribution in [2.45, 2.75) is 63.7 Å². The van der Waals surface area contributed by atoms with Crippen LogP contribution in [-0.2, 0) is 22.6 Å². The molecule has 2 saturated heterocycles. The molecule has 1 atom stereocenters. The van der Waals surface area contributed by atoms with Crippen molar-refractivity contribution in [2.24, 2.45) is 5.41 Å². The number of fused-ring (bicyclic) bond motifs is 1. The van der Waals surface area contributed by atoms with Crippen LogP contribution in [0.1, 0.15) is 43.2 Å². The number of alkyl halides is 5. The van der Waals surface area contributed by atoms with Crippen molar-refractivity contribution in [2.75, 3.05) is 39.8 Å². The van der Waals surface area contributed by atoms with Crippen molar-refractivity contribution in [3.8, 4) is 16.9 Å². The van der Waals surface area contributed by atoms with Gasteiger partial charge in [-0.05, 0) is 91.5 Å². The van der Waals surface area contributed by atoms with Gasteiger partial charge in [0.05, 0.1) is 13.7 Å². The molecule has 1 amide bonds. The molecule has 2 aliphatic rings. The second kappa shape index (κ2) is 14.6. The zero-order valence-electron chi connectivity index (χ0n) is 26.3. The first-order chi connectivity index (χ1) is 22.4. The molecule has 3 aromatic rings. The molecular weight excluding hydrogens is 621 g/mol. The molecule has 7 nitrogen and oxygen atoms in total. The van der Waals surface area contributed by atoms with Crippen LogP contribution in [-0.4, -0.2) is 85.3 Å². The Kier molecular flexibility index (Phi) is 10.7. The minimum atomic E-state index is -4.99. The van der Waals surface area contributed by atoms with Crippen molar-refractivity contribution in [3.05, 3.63) is 65.7 Å². The van der Waals surface area contributed by atoms with Gasteiger partial charge in [0.1, 0.15) is 17.2 Å². The Labute approximate surface area is 270 Å². The maximum Gasteiger partial charge on any atom is 0.403 e. The Morgan fingerprint density at radius 3 is 2.23 bits per heavy atom. The van der Waals surface area contributed by atoms with E-state index in [0.29, 0.717) is 16.7 Å². The van der Waals surface area contributed by atoms with Gasteiger partial charge in [-0.15, -0.1) is 0 Å². The predicted octanol–water partition coefficient (Wildman–Crippen LogP) is 6.52. The number of piperidine rings is 2. The number of carbonyl (C=O) groups excluding carboxylic acids is 1. The van der Waals surface area contributed by atoms with E-state index in [1.807, 2.05) is 36.4 Å². The van der Waals surface area contributed by atoms with Gasteiger partial charge in [0.2, 0.25) is 5.91 Å². The molecule has 2 N–H and O–H groups in total. The van der Waals surface area contributed by atoms with Crippen LogP contribution in [0.25, 0.3) is 21.9 Å². The molecule has 0 bridgehead atoms. The summed E-state index contributed by atoms with van der Waals surface area (Å²) in [6, 6.07) is 15.3. The number of methoxy groups -OCH3 is 1. The van der Waals surface area contributed by atoms with E-state index in [1.54, 1.807) is 19.2 Å². The molecule has 0 saturated carbocycles. The Hall–Kier alpha value is -3.77. The van der Waals surface area contributed by atoms with E-state index in [2.05, 4.69) is 16.3 Å². The Morgan fingerprint density at radius 2 is 1.60 bits per heavy atom. The first kappa shape index (κ1) is 34.6. The van der Waals surface area contributed by atoms with Crippen LogP contribution in [0.5, 0.6) is 5.75 Å². The van der Waals surface area contributed by atoms with Crippen LogP contribution in [0.15, 0.2) is 54.6 Å². The number of halogens is 5. The Bertz CT molecular complexity index is 1570. The lowest BCUT2D eigenvalue weighted by molar-refractivity contribution is -0.233. The molecule has 0 aliphatic carbocycles. The third-order valence-corrected chi connectivity index (χ3v) is 9.53. The van der Waals surface area contributed by atoms with Gasteiger partial charge in [-0.1, -0.05) is 48.9 Å². The number of aliphatic carboxylic acids is 1. The van der Waals surface area contributed by atoms with E-state index < -0.39 is 55.3 Å². The lowest BCUT2D eigenvalue weighted by Gasteiger charge is -2.41. The molecule has 0 spiro atoms. The second-order valence-electron chi connectivity index (χ2n) is 12.5. The molecular formula is C35H40F5N3O4. The summed E-state index contributed by atoms with van der Waals surface area (Å²) < 4.78 is 74.5. The number of benzene rings is 3. The molecule has 254 valence electrons. The number of nitrogens with one attached hydrogen (secondary N) is 1. The quantitative estimate of drug-likeness (QED) is 0.228. The fraction of sp³-hybridized carbons (Fsp3) is 0.486. The molecule has 47 heavy (non-hydrogen) atoms. The average molecular weight is 662 g/mol. The lowest BCUT2D eigenvalue weighted by Crippen LogP contribution is -2.59. The zero-order chi connectivity index (χ0) is 33.8. The number of carboxylic acid groups (broad SMARTS) is 1. The van der Waals surface area contributed by atoms with Crippen LogP contribution < -0.4 is 10.1 Å². The Balaban J connectivity index is 1.42. The van der Waals surface area contributed by atoms with Crippen LogP contribution in [0.3, 0.4) is 0 Å². The predicted molar refractivity (Wildman–Crippen MR) is 169 cm³/mol. The molecule has 0 aromatic heterocycles. The van der Waals surface area contributed by atoms with Crippen molar-refractivity contribution in [1.82, 2.24) is 15.1 Å². The van der Waals surface area contributed by atoms with Gasteiger partial charge < -0.3 is 15.2 Å². The summed E-state index contributed by atoms with van der Waals surface area (Å²) in [6.07, 6.45) is -5.87. The highest BCUT2D eigenvalue weighted by Crippen LogP contribution is 2.47. The number of nitrogens with zero attached hydrogens (tertiary/aromatic N) is 2. The van der Waals surface area contributed by atoms with Gasteiger partial charge in [0, 0.05) is 18.5 Å². The number of likely N-dealkylation sites (tertiary alicyclic amines) is 2. The maximum atomic E-state index is 14.4. The second-order valence-corrected chi connectivity index (χ2v) is 12.5. The molecule has 0 radical (unpaired) electrons. The Morgan fingerprint density at radius 1 is 0.915 bits per heavy atom. The highest BCUT2D eigenvalue weighted by atomic mass is 19.4. The summed E-state index contributed by atoms with van der Waals surface area (Å²) in [5.74, 6) is -2.27. The summed E-state index contributed by atoms with van der Waals surface area (Å²) in [7, 11) is 1.59. The average Bonchev–Trinajstić information content (AvgIpc) is 3.04. The SMILES string of the molecule is COc1ccc(CN2CCCCC2)cc1-c1cccc2c(C[C@H](NC(=O)C3(C(F)(F)F)CCN(CC(F)F)CC3)C(=O)O)cccc12. The number of carboxylic acids is 1. The smallest absolute Gasteiger partial charge is 0.403 e. The van der Waals surface area contributed by atoms with E-state index in [9.17, 15) is 36.6 Å². The van der Waals surface area contributed by atoms with Gasteiger partial charge in [-0.3, -0.25) is 14.6 Å².